The van der Waals surface area contributed by atoms with Crippen LogP contribution in [0, 0.1) is 5.41 Å². The largest absolute Gasteiger partial charge is 0.344 e. The van der Waals surface area contributed by atoms with Crippen LogP contribution in [0.25, 0.3) is 0 Å². The van der Waals surface area contributed by atoms with Crippen molar-refractivity contribution >= 4 is 11.8 Å². The van der Waals surface area contributed by atoms with E-state index in [2.05, 4.69) is 5.32 Å². The number of nitrogens with zero attached hydrogens (tertiary/aromatic N) is 1. The summed E-state index contributed by atoms with van der Waals surface area (Å²) in [5.74, 6) is -0.246. The Kier molecular flexibility index (Phi) is 6.16. The third-order valence-electron chi connectivity index (χ3n) is 2.92. The summed E-state index contributed by atoms with van der Waals surface area (Å²) < 4.78 is 0. The maximum Gasteiger partial charge on any atom is 0.244 e. The Morgan fingerprint density at radius 3 is 2.12 bits per heavy atom. The van der Waals surface area contributed by atoms with Gasteiger partial charge in [0.2, 0.25) is 11.8 Å². The van der Waals surface area contributed by atoms with E-state index < -0.39 is 11.5 Å². The number of likely N-dealkylation sites (N-methyl/N-ethyl adjacent to an activating group) is 1. The molecule has 0 rings (SSSR count). The highest BCUT2D eigenvalue weighted by Gasteiger charge is 2.29. The van der Waals surface area contributed by atoms with E-state index in [1.54, 1.807) is 25.7 Å². The quantitative estimate of drug-likeness (QED) is 0.706. The maximum absolute atomic E-state index is 11.9. The Morgan fingerprint density at radius 1 is 1.29 bits per heavy atom. The number of nitrogens with one attached hydrogen (secondary N) is 1. The molecular formula is C12H25N3O2. The summed E-state index contributed by atoms with van der Waals surface area (Å²) in [5, 5.41) is 2.71. The second-order valence-corrected chi connectivity index (χ2v) is 4.79. The van der Waals surface area contributed by atoms with E-state index in [1.807, 2.05) is 13.8 Å². The first-order chi connectivity index (χ1) is 7.80. The fourth-order valence-electron chi connectivity index (χ4n) is 1.36. The third kappa shape index (κ3) is 4.34. The molecule has 5 nitrogen and oxygen atoms in total. The van der Waals surface area contributed by atoms with Crippen LogP contribution in [-0.4, -0.2) is 42.4 Å². The van der Waals surface area contributed by atoms with E-state index in [0.717, 1.165) is 0 Å². The van der Waals surface area contributed by atoms with Gasteiger partial charge in [0.1, 0.15) is 6.04 Å². The molecular weight excluding hydrogens is 218 g/mol. The van der Waals surface area contributed by atoms with E-state index in [0.29, 0.717) is 13.1 Å². The topological polar surface area (TPSA) is 75.4 Å². The summed E-state index contributed by atoms with van der Waals surface area (Å²) in [6.07, 6.45) is 0. The number of carbonyl (C=O) groups is 2. The average Bonchev–Trinajstić information content (AvgIpc) is 2.30. The maximum atomic E-state index is 11.9. The minimum Gasteiger partial charge on any atom is -0.344 e. The van der Waals surface area contributed by atoms with Gasteiger partial charge < -0.3 is 16.0 Å². The normalized spacial score (nSPS) is 13.1. The Bertz CT molecular complexity index is 273. The molecule has 0 heterocycles. The number of hydrogen-bond donors (Lipinski definition) is 2. The van der Waals surface area contributed by atoms with Gasteiger partial charge in [0, 0.05) is 19.6 Å². The van der Waals surface area contributed by atoms with Crippen LogP contribution in [0.3, 0.4) is 0 Å². The van der Waals surface area contributed by atoms with Crippen LogP contribution in [0.1, 0.15) is 34.6 Å². The van der Waals surface area contributed by atoms with Crippen molar-refractivity contribution in [2.75, 3.05) is 19.6 Å². The van der Waals surface area contributed by atoms with E-state index in [1.165, 1.54) is 0 Å². The summed E-state index contributed by atoms with van der Waals surface area (Å²) in [6, 6.07) is -0.506. The molecule has 1 atom stereocenters. The summed E-state index contributed by atoms with van der Waals surface area (Å²) in [4.78, 5) is 25.5. The van der Waals surface area contributed by atoms with Gasteiger partial charge in [0.15, 0.2) is 0 Å². The molecule has 0 radical (unpaired) electrons. The highest BCUT2D eigenvalue weighted by Crippen LogP contribution is 2.12. The molecule has 0 fully saturated rings. The van der Waals surface area contributed by atoms with E-state index in [9.17, 15) is 9.59 Å². The Balaban J connectivity index is 4.50. The van der Waals surface area contributed by atoms with Gasteiger partial charge in [-0.3, -0.25) is 9.59 Å². The van der Waals surface area contributed by atoms with Crippen molar-refractivity contribution < 1.29 is 9.59 Å². The van der Waals surface area contributed by atoms with Crippen molar-refractivity contribution in [3.8, 4) is 0 Å². The standard InChI is InChI=1S/C12H25N3O2/c1-6-15(7-2)10(16)9(3)14-11(17)12(4,5)8-13/h9H,6-8,13H2,1-5H3,(H,14,17). The summed E-state index contributed by atoms with van der Waals surface area (Å²) in [7, 11) is 0. The molecule has 0 aliphatic carbocycles. The van der Waals surface area contributed by atoms with Crippen molar-refractivity contribution in [1.82, 2.24) is 10.2 Å². The molecule has 0 saturated heterocycles. The molecule has 0 aromatic carbocycles. The van der Waals surface area contributed by atoms with Gasteiger partial charge in [-0.25, -0.2) is 0 Å². The minimum absolute atomic E-state index is 0.0591. The fourth-order valence-corrected chi connectivity index (χ4v) is 1.36. The number of amides is 2. The predicted molar refractivity (Wildman–Crippen MR) is 68.4 cm³/mol. The first kappa shape index (κ1) is 15.9. The Labute approximate surface area is 104 Å². The molecule has 3 N–H and O–H groups in total. The van der Waals surface area contributed by atoms with E-state index in [4.69, 9.17) is 5.73 Å². The average molecular weight is 243 g/mol. The van der Waals surface area contributed by atoms with Crippen LogP contribution in [0.5, 0.6) is 0 Å². The Hall–Kier alpha value is -1.10. The SMILES string of the molecule is CCN(CC)C(=O)C(C)NC(=O)C(C)(C)CN. The zero-order valence-corrected chi connectivity index (χ0v) is 11.5. The molecule has 100 valence electrons. The van der Waals surface area contributed by atoms with Gasteiger partial charge in [-0.2, -0.15) is 0 Å². The number of nitrogens with two attached hydrogens (primary N) is 1. The zero-order valence-electron chi connectivity index (χ0n) is 11.5. The third-order valence-corrected chi connectivity index (χ3v) is 2.92. The van der Waals surface area contributed by atoms with Crippen LogP contribution in [0.4, 0.5) is 0 Å². The second-order valence-electron chi connectivity index (χ2n) is 4.79. The van der Waals surface area contributed by atoms with Crippen molar-refractivity contribution in [2.45, 2.75) is 40.7 Å². The molecule has 0 aromatic heterocycles. The monoisotopic (exact) mass is 243 g/mol. The molecule has 0 saturated carbocycles. The van der Waals surface area contributed by atoms with Crippen molar-refractivity contribution in [3.05, 3.63) is 0 Å². The van der Waals surface area contributed by atoms with Gasteiger partial charge in [0.05, 0.1) is 5.41 Å². The highest BCUT2D eigenvalue weighted by molar-refractivity contribution is 5.89. The Morgan fingerprint density at radius 2 is 1.76 bits per heavy atom. The molecule has 0 aliphatic rings. The lowest BCUT2D eigenvalue weighted by Crippen LogP contribution is -2.51. The molecule has 17 heavy (non-hydrogen) atoms. The smallest absolute Gasteiger partial charge is 0.244 e. The molecule has 5 heteroatoms. The lowest BCUT2D eigenvalue weighted by molar-refractivity contribution is -0.138. The van der Waals surface area contributed by atoms with Gasteiger partial charge in [-0.15, -0.1) is 0 Å². The summed E-state index contributed by atoms with van der Waals surface area (Å²) >= 11 is 0. The van der Waals surface area contributed by atoms with Crippen molar-refractivity contribution in [2.24, 2.45) is 11.1 Å². The van der Waals surface area contributed by atoms with Crippen LogP contribution in [-0.2, 0) is 9.59 Å². The molecule has 2 amide bonds. The number of hydrogen-bond acceptors (Lipinski definition) is 3. The predicted octanol–water partition coefficient (Wildman–Crippen LogP) is 0.344. The fraction of sp³-hybridized carbons (Fsp3) is 0.833. The molecule has 0 aromatic rings. The van der Waals surface area contributed by atoms with Gasteiger partial charge in [-0.1, -0.05) is 0 Å². The van der Waals surface area contributed by atoms with E-state index >= 15 is 0 Å². The molecule has 1 unspecified atom stereocenters. The zero-order chi connectivity index (χ0) is 13.6. The number of carbonyl (C=O) groups excluding carboxylic acids is 2. The van der Waals surface area contributed by atoms with Gasteiger partial charge >= 0.3 is 0 Å². The van der Waals surface area contributed by atoms with Gasteiger partial charge in [0.25, 0.3) is 0 Å². The molecule has 0 spiro atoms. The summed E-state index contributed by atoms with van der Waals surface area (Å²) in [6.45, 7) is 10.6. The first-order valence-corrected chi connectivity index (χ1v) is 6.10. The molecule has 0 aliphatic heterocycles. The molecule has 0 bridgehead atoms. The number of rotatable bonds is 6. The van der Waals surface area contributed by atoms with Crippen molar-refractivity contribution in [3.63, 3.8) is 0 Å². The first-order valence-electron chi connectivity index (χ1n) is 6.10. The van der Waals surface area contributed by atoms with Crippen LogP contribution in [0.15, 0.2) is 0 Å². The lowest BCUT2D eigenvalue weighted by atomic mass is 9.92. The van der Waals surface area contributed by atoms with Crippen LogP contribution >= 0.6 is 0 Å². The van der Waals surface area contributed by atoms with Gasteiger partial charge in [-0.05, 0) is 34.6 Å². The summed E-state index contributed by atoms with van der Waals surface area (Å²) in [5.41, 5.74) is 4.87. The van der Waals surface area contributed by atoms with E-state index in [-0.39, 0.29) is 18.4 Å². The van der Waals surface area contributed by atoms with Crippen LogP contribution < -0.4 is 11.1 Å². The van der Waals surface area contributed by atoms with Crippen molar-refractivity contribution in [1.29, 1.82) is 0 Å². The van der Waals surface area contributed by atoms with Crippen LogP contribution in [0.2, 0.25) is 0 Å². The lowest BCUT2D eigenvalue weighted by Gasteiger charge is -2.27. The highest BCUT2D eigenvalue weighted by atomic mass is 16.2. The minimum atomic E-state index is -0.641. The second kappa shape index (κ2) is 6.59.